The molecule has 0 amide bonds. The van der Waals surface area contributed by atoms with Gasteiger partial charge in [0.1, 0.15) is 10.7 Å². The number of hydrogen-bond acceptors (Lipinski definition) is 3. The lowest BCUT2D eigenvalue weighted by molar-refractivity contribution is 0.571. The Labute approximate surface area is 159 Å². The average Bonchev–Trinajstić information content (AvgIpc) is 3.28. The highest BCUT2D eigenvalue weighted by atomic mass is 16.1. The predicted octanol–water partition coefficient (Wildman–Crippen LogP) is 1.22. The van der Waals surface area contributed by atoms with Crippen molar-refractivity contribution in [1.82, 2.24) is 24.9 Å². The van der Waals surface area contributed by atoms with E-state index in [9.17, 15) is 9.59 Å². The fraction of sp³-hybridized carbons (Fsp3) is 0.190. The van der Waals surface area contributed by atoms with Crippen LogP contribution in [0.1, 0.15) is 37.7 Å². The van der Waals surface area contributed by atoms with E-state index in [1.54, 1.807) is 18.5 Å². The van der Waals surface area contributed by atoms with Crippen molar-refractivity contribution in [2.75, 3.05) is 0 Å². The van der Waals surface area contributed by atoms with E-state index in [1.807, 2.05) is 51.2 Å². The Balaban J connectivity index is 1.87. The van der Waals surface area contributed by atoms with Gasteiger partial charge in [-0.1, -0.05) is 39.0 Å². The van der Waals surface area contributed by atoms with Crippen molar-refractivity contribution in [3.8, 4) is 0 Å². The van der Waals surface area contributed by atoms with Crippen molar-refractivity contribution in [3.63, 3.8) is 0 Å². The van der Waals surface area contributed by atoms with Crippen LogP contribution in [0.2, 0.25) is 0 Å². The molecule has 7 heteroatoms. The summed E-state index contributed by atoms with van der Waals surface area (Å²) in [6, 6.07) is 7.72. The van der Waals surface area contributed by atoms with Crippen LogP contribution in [-0.2, 0) is 5.41 Å². The van der Waals surface area contributed by atoms with Crippen LogP contribution in [0.3, 0.4) is 0 Å². The first-order valence-corrected chi connectivity index (χ1v) is 8.99. The van der Waals surface area contributed by atoms with Gasteiger partial charge in [0, 0.05) is 22.9 Å². The van der Waals surface area contributed by atoms with Crippen molar-refractivity contribution < 1.29 is 0 Å². The minimum absolute atomic E-state index is 0.165. The maximum absolute atomic E-state index is 12.6. The quantitative estimate of drug-likeness (QED) is 0.423. The van der Waals surface area contributed by atoms with Crippen LogP contribution < -0.4 is 21.8 Å². The first-order chi connectivity index (χ1) is 13.3. The van der Waals surface area contributed by atoms with E-state index < -0.39 is 0 Å². The van der Waals surface area contributed by atoms with Gasteiger partial charge in [-0.05, 0) is 23.6 Å². The second kappa shape index (κ2) is 6.53. The van der Waals surface area contributed by atoms with Gasteiger partial charge in [-0.2, -0.15) is 0 Å². The zero-order valence-corrected chi connectivity index (χ0v) is 15.9. The van der Waals surface area contributed by atoms with Crippen LogP contribution >= 0.6 is 0 Å². The van der Waals surface area contributed by atoms with Gasteiger partial charge in [0.2, 0.25) is 0 Å². The molecule has 0 unspecified atom stereocenters. The van der Waals surface area contributed by atoms with Crippen LogP contribution in [0.15, 0.2) is 46.4 Å². The monoisotopic (exact) mass is 375 g/mol. The smallest absolute Gasteiger partial charge is 0.272 e. The molecule has 0 saturated carbocycles. The molecular formula is C21H21N5O2. The summed E-state index contributed by atoms with van der Waals surface area (Å²) in [7, 11) is 0. The maximum atomic E-state index is 12.6. The molecule has 3 aromatic heterocycles. The second-order valence-electron chi connectivity index (χ2n) is 7.73. The zero-order chi connectivity index (χ0) is 19.9. The summed E-state index contributed by atoms with van der Waals surface area (Å²) in [5.41, 5.74) is 2.32. The van der Waals surface area contributed by atoms with Gasteiger partial charge in [0.25, 0.3) is 11.1 Å². The van der Waals surface area contributed by atoms with E-state index in [2.05, 4.69) is 24.9 Å². The van der Waals surface area contributed by atoms with Crippen LogP contribution in [-0.4, -0.2) is 24.9 Å². The normalized spacial score (nSPS) is 13.5. The number of hydrogen-bond donors (Lipinski definition) is 4. The molecule has 0 fully saturated rings. The number of aromatic amines is 4. The minimum atomic E-state index is -0.382. The van der Waals surface area contributed by atoms with Crippen molar-refractivity contribution >= 4 is 23.1 Å². The van der Waals surface area contributed by atoms with Gasteiger partial charge in [0.15, 0.2) is 0 Å². The zero-order valence-electron chi connectivity index (χ0n) is 15.9. The van der Waals surface area contributed by atoms with E-state index in [4.69, 9.17) is 0 Å². The average molecular weight is 375 g/mol. The first-order valence-electron chi connectivity index (χ1n) is 8.99. The molecule has 4 aromatic rings. The molecule has 3 heterocycles. The van der Waals surface area contributed by atoms with Crippen LogP contribution in [0.25, 0.3) is 23.1 Å². The molecule has 0 aliphatic carbocycles. The van der Waals surface area contributed by atoms with Gasteiger partial charge < -0.3 is 19.9 Å². The third kappa shape index (κ3) is 3.22. The number of nitrogens with one attached hydrogen (secondary N) is 4. The van der Waals surface area contributed by atoms with E-state index >= 15 is 0 Å². The van der Waals surface area contributed by atoms with Crippen molar-refractivity contribution in [2.45, 2.75) is 26.2 Å². The Bertz CT molecular complexity index is 1390. The third-order valence-electron chi connectivity index (χ3n) is 4.60. The molecule has 0 aliphatic rings. The number of rotatable bonds is 2. The molecular weight excluding hydrogens is 354 g/mol. The lowest BCUT2D eigenvalue weighted by Crippen LogP contribution is -2.46. The third-order valence-corrected chi connectivity index (χ3v) is 4.60. The molecule has 28 heavy (non-hydrogen) atoms. The van der Waals surface area contributed by atoms with E-state index in [1.165, 1.54) is 0 Å². The van der Waals surface area contributed by atoms with Gasteiger partial charge in [-0.25, -0.2) is 4.98 Å². The Morgan fingerprint density at radius 2 is 1.64 bits per heavy atom. The molecule has 0 radical (unpaired) electrons. The number of imidazole rings is 1. The highest BCUT2D eigenvalue weighted by Gasteiger charge is 2.19. The summed E-state index contributed by atoms with van der Waals surface area (Å²) in [6.07, 6.45) is 6.67. The molecule has 0 spiro atoms. The highest BCUT2D eigenvalue weighted by Crippen LogP contribution is 2.22. The van der Waals surface area contributed by atoms with E-state index in [-0.39, 0.29) is 27.2 Å². The molecule has 142 valence electrons. The number of para-hydroxylation sites is 1. The summed E-state index contributed by atoms with van der Waals surface area (Å²) in [6.45, 7) is 6.14. The lowest BCUT2D eigenvalue weighted by Gasteiger charge is -2.16. The van der Waals surface area contributed by atoms with Gasteiger partial charge in [-0.15, -0.1) is 0 Å². The summed E-state index contributed by atoms with van der Waals surface area (Å²) in [4.78, 5) is 41.0. The molecule has 0 bridgehead atoms. The molecule has 4 N–H and O–H groups in total. The first kappa shape index (κ1) is 17.8. The molecule has 1 aromatic carbocycles. The van der Waals surface area contributed by atoms with Gasteiger partial charge >= 0.3 is 0 Å². The Morgan fingerprint density at radius 1 is 0.929 bits per heavy atom. The SMILES string of the molecule is CC(C)(C)c1[nH]cnc1/C=c1\[nH]c(=O)/c(=C/c2cccc3cc[nH]c23)[nH]c1=O. The van der Waals surface area contributed by atoms with Crippen LogP contribution in [0.5, 0.6) is 0 Å². The number of nitrogens with zero attached hydrogens (tertiary/aromatic N) is 1. The number of H-pyrrole nitrogens is 4. The standard InChI is InChI=1S/C21H21N5O2/c1-21(2,3)18-14(23-11-24-18)10-16-20(28)25-15(19(27)26-16)9-13-6-4-5-12-7-8-22-17(12)13/h4-11,22H,1-3H3,(H,23,24)(H,25,28)(H,26,27)/b15-9-,16-10-. The second-order valence-corrected chi connectivity index (χ2v) is 7.73. The maximum Gasteiger partial charge on any atom is 0.272 e. The summed E-state index contributed by atoms with van der Waals surface area (Å²) >= 11 is 0. The number of aromatic nitrogens is 5. The summed E-state index contributed by atoms with van der Waals surface area (Å²) in [5.74, 6) is 0. The summed E-state index contributed by atoms with van der Waals surface area (Å²) < 4.78 is 0. The van der Waals surface area contributed by atoms with E-state index in [0.29, 0.717) is 5.69 Å². The van der Waals surface area contributed by atoms with Gasteiger partial charge in [0.05, 0.1) is 17.5 Å². The fourth-order valence-corrected chi connectivity index (χ4v) is 3.23. The van der Waals surface area contributed by atoms with Crippen LogP contribution in [0.4, 0.5) is 0 Å². The topological polar surface area (TPSA) is 110 Å². The molecule has 4 rings (SSSR count). The molecule has 7 nitrogen and oxygen atoms in total. The number of benzene rings is 1. The van der Waals surface area contributed by atoms with Crippen molar-refractivity contribution in [2.24, 2.45) is 0 Å². The van der Waals surface area contributed by atoms with Gasteiger partial charge in [-0.3, -0.25) is 9.59 Å². The van der Waals surface area contributed by atoms with Crippen LogP contribution in [0, 0.1) is 0 Å². The Hall–Kier alpha value is -3.61. The lowest BCUT2D eigenvalue weighted by atomic mass is 9.90. The van der Waals surface area contributed by atoms with Crippen molar-refractivity contribution in [1.29, 1.82) is 0 Å². The minimum Gasteiger partial charge on any atom is -0.361 e. The summed E-state index contributed by atoms with van der Waals surface area (Å²) in [5, 5.41) is 1.39. The molecule has 0 saturated heterocycles. The molecule has 0 aliphatic heterocycles. The predicted molar refractivity (Wildman–Crippen MR) is 110 cm³/mol. The highest BCUT2D eigenvalue weighted by molar-refractivity contribution is 5.87. The van der Waals surface area contributed by atoms with E-state index in [0.717, 1.165) is 22.2 Å². The Morgan fingerprint density at radius 3 is 2.36 bits per heavy atom. The molecule has 0 atom stereocenters. The van der Waals surface area contributed by atoms with Crippen molar-refractivity contribution in [3.05, 3.63) is 85.1 Å². The Kier molecular flexibility index (Phi) is 4.15. The fourth-order valence-electron chi connectivity index (χ4n) is 3.23. The number of fused-ring (bicyclic) bond motifs is 1. The largest absolute Gasteiger partial charge is 0.361 e.